The molecule has 7 nitrogen and oxygen atoms in total. The number of aromatic nitrogens is 3. The minimum absolute atomic E-state index is 0.197. The van der Waals surface area contributed by atoms with E-state index in [1.807, 2.05) is 41.0 Å². The number of nitrogens with one attached hydrogen (secondary N) is 1. The number of fused-ring (bicyclic) bond motifs is 1. The number of benzene rings is 1. The van der Waals surface area contributed by atoms with Crippen LogP contribution in [0.2, 0.25) is 0 Å². The van der Waals surface area contributed by atoms with Gasteiger partial charge in [-0.1, -0.05) is 13.0 Å². The third kappa shape index (κ3) is 3.17. The van der Waals surface area contributed by atoms with Crippen LogP contribution in [-0.2, 0) is 6.42 Å². The minimum Gasteiger partial charge on any atom is -0.399 e. The highest BCUT2D eigenvalue weighted by Gasteiger charge is 2.20. The number of hydrogen-bond donors (Lipinski definition) is 3. The van der Waals surface area contributed by atoms with Crippen LogP contribution in [0.4, 0.5) is 23.0 Å². The summed E-state index contributed by atoms with van der Waals surface area (Å²) in [5.41, 5.74) is 15.7. The number of hydrogen-bond acceptors (Lipinski definition) is 6. The molecule has 0 saturated carbocycles. The molecule has 0 spiro atoms. The molecule has 0 amide bonds. The zero-order valence-electron chi connectivity index (χ0n) is 15.0. The lowest BCUT2D eigenvalue weighted by molar-refractivity contribution is 0.503. The van der Waals surface area contributed by atoms with Gasteiger partial charge in [-0.2, -0.15) is 9.61 Å². The number of nitrogens with zero attached hydrogens (tertiary/aromatic N) is 4. The normalized spacial score (nSPS) is 17.6. The molecule has 0 aliphatic carbocycles. The molecule has 7 heteroatoms. The first-order valence-electron chi connectivity index (χ1n) is 9.15. The molecular weight excluding hydrogens is 326 g/mol. The highest BCUT2D eigenvalue weighted by molar-refractivity contribution is 5.67. The summed E-state index contributed by atoms with van der Waals surface area (Å²) >= 11 is 0. The van der Waals surface area contributed by atoms with Crippen molar-refractivity contribution in [1.82, 2.24) is 14.6 Å². The first-order chi connectivity index (χ1) is 12.6. The zero-order chi connectivity index (χ0) is 18.1. The van der Waals surface area contributed by atoms with Gasteiger partial charge in [0.1, 0.15) is 11.6 Å². The number of piperidine rings is 1. The first kappa shape index (κ1) is 16.7. The van der Waals surface area contributed by atoms with Gasteiger partial charge in [-0.15, -0.1) is 0 Å². The fourth-order valence-electron chi connectivity index (χ4n) is 3.48. The SMILES string of the molecule is CCc1cnn2c(Nc3cccc(N)c3)cc(N3CCCC(N)C3)nc12. The maximum absolute atomic E-state index is 6.17. The van der Waals surface area contributed by atoms with Gasteiger partial charge in [-0.25, -0.2) is 4.98 Å². The van der Waals surface area contributed by atoms with Crippen molar-refractivity contribution in [3.8, 4) is 0 Å². The van der Waals surface area contributed by atoms with Crippen LogP contribution in [0.25, 0.3) is 5.65 Å². The second kappa shape index (κ2) is 6.84. The van der Waals surface area contributed by atoms with Crippen LogP contribution >= 0.6 is 0 Å². The summed E-state index contributed by atoms with van der Waals surface area (Å²) in [7, 11) is 0. The third-order valence-corrected chi connectivity index (χ3v) is 4.85. The number of nitrogens with two attached hydrogens (primary N) is 2. The van der Waals surface area contributed by atoms with Gasteiger partial charge in [0.25, 0.3) is 0 Å². The van der Waals surface area contributed by atoms with E-state index in [1.54, 1.807) is 0 Å². The fourth-order valence-corrected chi connectivity index (χ4v) is 3.48. The van der Waals surface area contributed by atoms with Crippen molar-refractivity contribution < 1.29 is 0 Å². The molecule has 5 N–H and O–H groups in total. The maximum atomic E-state index is 6.17. The lowest BCUT2D eigenvalue weighted by atomic mass is 10.1. The van der Waals surface area contributed by atoms with Gasteiger partial charge in [0.2, 0.25) is 0 Å². The van der Waals surface area contributed by atoms with Crippen molar-refractivity contribution in [1.29, 1.82) is 0 Å². The van der Waals surface area contributed by atoms with Gasteiger partial charge in [0.05, 0.1) is 6.20 Å². The van der Waals surface area contributed by atoms with E-state index in [4.69, 9.17) is 16.5 Å². The van der Waals surface area contributed by atoms with Crippen molar-refractivity contribution in [2.45, 2.75) is 32.2 Å². The second-order valence-corrected chi connectivity index (χ2v) is 6.86. The second-order valence-electron chi connectivity index (χ2n) is 6.86. The van der Waals surface area contributed by atoms with E-state index in [0.29, 0.717) is 0 Å². The first-order valence-corrected chi connectivity index (χ1v) is 9.15. The third-order valence-electron chi connectivity index (χ3n) is 4.85. The van der Waals surface area contributed by atoms with Crippen molar-refractivity contribution in [3.63, 3.8) is 0 Å². The van der Waals surface area contributed by atoms with Gasteiger partial charge in [0, 0.05) is 42.1 Å². The molecule has 1 aliphatic heterocycles. The Bertz CT molecular complexity index is 917. The number of nitrogen functional groups attached to an aromatic ring is 1. The lowest BCUT2D eigenvalue weighted by Gasteiger charge is -2.32. The summed E-state index contributed by atoms with van der Waals surface area (Å²) in [6, 6.07) is 9.94. The Balaban J connectivity index is 1.78. The summed E-state index contributed by atoms with van der Waals surface area (Å²) < 4.78 is 1.86. The fraction of sp³-hybridized carbons (Fsp3) is 0.368. The zero-order valence-corrected chi connectivity index (χ0v) is 15.0. The molecule has 2 aromatic heterocycles. The Morgan fingerprint density at radius 2 is 2.19 bits per heavy atom. The topological polar surface area (TPSA) is 97.5 Å². The summed E-state index contributed by atoms with van der Waals surface area (Å²) in [4.78, 5) is 7.16. The molecule has 1 aliphatic rings. The molecule has 0 bridgehead atoms. The van der Waals surface area contributed by atoms with Crippen molar-refractivity contribution in [2.24, 2.45) is 5.73 Å². The van der Waals surface area contributed by atoms with Crippen molar-refractivity contribution in [3.05, 3.63) is 42.1 Å². The van der Waals surface area contributed by atoms with E-state index >= 15 is 0 Å². The molecular formula is C19H25N7. The van der Waals surface area contributed by atoms with Gasteiger partial charge >= 0.3 is 0 Å². The van der Waals surface area contributed by atoms with Crippen LogP contribution in [-0.4, -0.2) is 33.7 Å². The smallest absolute Gasteiger partial charge is 0.162 e. The average Bonchev–Trinajstić information content (AvgIpc) is 3.05. The summed E-state index contributed by atoms with van der Waals surface area (Å²) in [6.45, 7) is 3.92. The molecule has 1 atom stereocenters. The predicted molar refractivity (Wildman–Crippen MR) is 106 cm³/mol. The van der Waals surface area contributed by atoms with Crippen LogP contribution in [0.3, 0.4) is 0 Å². The van der Waals surface area contributed by atoms with E-state index < -0.39 is 0 Å². The maximum Gasteiger partial charge on any atom is 0.162 e. The lowest BCUT2D eigenvalue weighted by Crippen LogP contribution is -2.43. The monoisotopic (exact) mass is 351 g/mol. The summed E-state index contributed by atoms with van der Waals surface area (Å²) in [5.74, 6) is 1.81. The van der Waals surface area contributed by atoms with Crippen LogP contribution in [0.1, 0.15) is 25.3 Å². The number of rotatable bonds is 4. The van der Waals surface area contributed by atoms with E-state index in [2.05, 4.69) is 22.2 Å². The Morgan fingerprint density at radius 3 is 2.96 bits per heavy atom. The predicted octanol–water partition coefficient (Wildman–Crippen LogP) is 2.54. The molecule has 3 aromatic rings. The van der Waals surface area contributed by atoms with Crippen LogP contribution in [0, 0.1) is 0 Å². The summed E-state index contributed by atoms with van der Waals surface area (Å²) in [6.07, 6.45) is 4.93. The molecule has 26 heavy (non-hydrogen) atoms. The van der Waals surface area contributed by atoms with Crippen LogP contribution in [0.15, 0.2) is 36.5 Å². The summed E-state index contributed by atoms with van der Waals surface area (Å²) in [5, 5.41) is 7.96. The minimum atomic E-state index is 0.197. The number of aryl methyl sites for hydroxylation is 1. The van der Waals surface area contributed by atoms with Gasteiger partial charge < -0.3 is 21.7 Å². The van der Waals surface area contributed by atoms with Gasteiger partial charge in [-0.3, -0.25) is 0 Å². The van der Waals surface area contributed by atoms with Gasteiger partial charge in [-0.05, 0) is 37.5 Å². The molecule has 4 rings (SSSR count). The van der Waals surface area contributed by atoms with Crippen molar-refractivity contribution in [2.75, 3.05) is 29.0 Å². The Morgan fingerprint density at radius 1 is 1.31 bits per heavy atom. The standard InChI is InChI=1S/C19H25N7/c1-2-13-11-22-26-18(23-16-7-3-5-14(20)9-16)10-17(24-19(13)26)25-8-4-6-15(21)12-25/h3,5,7,9-11,15,23H,2,4,6,8,12,20-21H2,1H3. The van der Waals surface area contributed by atoms with E-state index in [1.165, 1.54) is 0 Å². The molecule has 1 unspecified atom stereocenters. The average molecular weight is 351 g/mol. The molecule has 1 fully saturated rings. The molecule has 1 aromatic carbocycles. The van der Waals surface area contributed by atoms with Crippen LogP contribution in [0.5, 0.6) is 0 Å². The molecule has 136 valence electrons. The highest BCUT2D eigenvalue weighted by atomic mass is 15.3. The molecule has 1 saturated heterocycles. The van der Waals surface area contributed by atoms with E-state index in [-0.39, 0.29) is 6.04 Å². The van der Waals surface area contributed by atoms with Crippen molar-refractivity contribution >= 4 is 28.7 Å². The molecule has 0 radical (unpaired) electrons. The van der Waals surface area contributed by atoms with E-state index in [9.17, 15) is 0 Å². The number of anilines is 4. The van der Waals surface area contributed by atoms with E-state index in [0.717, 1.165) is 66.6 Å². The Hall–Kier alpha value is -2.80. The quantitative estimate of drug-likeness (QED) is 0.625. The Labute approximate surface area is 153 Å². The molecule has 3 heterocycles. The van der Waals surface area contributed by atoms with Gasteiger partial charge in [0.15, 0.2) is 5.65 Å². The largest absolute Gasteiger partial charge is 0.399 e. The van der Waals surface area contributed by atoms with Crippen LogP contribution < -0.4 is 21.7 Å². The Kier molecular flexibility index (Phi) is 4.38. The highest BCUT2D eigenvalue weighted by Crippen LogP contribution is 2.26.